The maximum absolute atomic E-state index is 13.6. The van der Waals surface area contributed by atoms with Gasteiger partial charge in [-0.25, -0.2) is 17.5 Å². The van der Waals surface area contributed by atoms with E-state index in [4.69, 9.17) is 5.26 Å². The second-order valence-corrected chi connectivity index (χ2v) is 7.06. The van der Waals surface area contributed by atoms with Gasteiger partial charge in [-0.2, -0.15) is 5.26 Å². The van der Waals surface area contributed by atoms with Crippen LogP contribution in [0.15, 0.2) is 18.2 Å². The first-order valence-corrected chi connectivity index (χ1v) is 8.22. The number of aliphatic hydroxyl groups is 1. The number of nitrogens with one attached hydrogen (secondary N) is 1. The Morgan fingerprint density at radius 1 is 1.43 bits per heavy atom. The highest BCUT2D eigenvalue weighted by atomic mass is 32.2. The summed E-state index contributed by atoms with van der Waals surface area (Å²) in [7, 11) is -3.80. The molecule has 116 valence electrons. The first-order chi connectivity index (χ1) is 9.77. The van der Waals surface area contributed by atoms with E-state index < -0.39 is 27.6 Å². The standard InChI is InChI=1S/C14H19FN2O3S/c1-10(2)5-13(8-18)17-21(19,20)9-12-6-11(7-16)3-4-14(12)15/h3-4,6,10,13,17-18H,5,8-9H2,1-2H3. The molecule has 0 heterocycles. The monoisotopic (exact) mass is 314 g/mol. The fourth-order valence-electron chi connectivity index (χ4n) is 1.98. The number of sulfonamides is 1. The minimum atomic E-state index is -3.80. The Labute approximate surface area is 124 Å². The zero-order valence-corrected chi connectivity index (χ0v) is 12.8. The molecule has 0 aliphatic rings. The van der Waals surface area contributed by atoms with Crippen molar-refractivity contribution >= 4 is 10.0 Å². The number of nitriles is 1. The molecule has 1 atom stereocenters. The van der Waals surface area contributed by atoms with E-state index in [9.17, 15) is 17.9 Å². The van der Waals surface area contributed by atoms with Crippen molar-refractivity contribution in [3.8, 4) is 6.07 Å². The van der Waals surface area contributed by atoms with E-state index in [2.05, 4.69) is 4.72 Å². The van der Waals surface area contributed by atoms with Crippen LogP contribution in [-0.2, 0) is 15.8 Å². The molecule has 0 amide bonds. The molecule has 2 N–H and O–H groups in total. The second-order valence-electron chi connectivity index (χ2n) is 5.30. The van der Waals surface area contributed by atoms with Gasteiger partial charge in [-0.1, -0.05) is 13.8 Å². The van der Waals surface area contributed by atoms with Crippen molar-refractivity contribution in [2.24, 2.45) is 5.92 Å². The van der Waals surface area contributed by atoms with E-state index in [-0.39, 0.29) is 23.7 Å². The maximum Gasteiger partial charge on any atom is 0.216 e. The van der Waals surface area contributed by atoms with E-state index in [0.29, 0.717) is 6.42 Å². The number of hydrogen-bond donors (Lipinski definition) is 2. The van der Waals surface area contributed by atoms with Crippen molar-refractivity contribution in [3.63, 3.8) is 0 Å². The van der Waals surface area contributed by atoms with E-state index in [1.807, 2.05) is 19.9 Å². The molecule has 0 radical (unpaired) electrons. The van der Waals surface area contributed by atoms with Crippen LogP contribution < -0.4 is 4.72 Å². The zero-order valence-electron chi connectivity index (χ0n) is 12.0. The van der Waals surface area contributed by atoms with Crippen molar-refractivity contribution in [3.05, 3.63) is 35.1 Å². The Bertz CT molecular complexity index is 624. The third-order valence-electron chi connectivity index (χ3n) is 2.84. The number of hydrogen-bond acceptors (Lipinski definition) is 4. The zero-order chi connectivity index (χ0) is 16.0. The molecule has 0 bridgehead atoms. The van der Waals surface area contributed by atoms with Crippen LogP contribution in [0.2, 0.25) is 0 Å². The highest BCUT2D eigenvalue weighted by Gasteiger charge is 2.20. The predicted octanol–water partition coefficient (Wildman–Crippen LogP) is 1.52. The van der Waals surface area contributed by atoms with Crippen molar-refractivity contribution in [2.75, 3.05) is 6.61 Å². The smallest absolute Gasteiger partial charge is 0.216 e. The lowest BCUT2D eigenvalue weighted by molar-refractivity contribution is 0.240. The van der Waals surface area contributed by atoms with Gasteiger partial charge in [-0.15, -0.1) is 0 Å². The molecule has 1 unspecified atom stereocenters. The third-order valence-corrected chi connectivity index (χ3v) is 4.23. The lowest BCUT2D eigenvalue weighted by atomic mass is 10.1. The summed E-state index contributed by atoms with van der Waals surface area (Å²) < 4.78 is 40.0. The Morgan fingerprint density at radius 2 is 2.10 bits per heavy atom. The first-order valence-electron chi connectivity index (χ1n) is 6.56. The quantitative estimate of drug-likeness (QED) is 0.798. The van der Waals surface area contributed by atoms with E-state index in [1.54, 1.807) is 0 Å². The van der Waals surface area contributed by atoms with E-state index in [1.165, 1.54) is 12.1 Å². The van der Waals surface area contributed by atoms with Crippen LogP contribution in [0.5, 0.6) is 0 Å². The molecule has 1 aromatic carbocycles. The van der Waals surface area contributed by atoms with Crippen molar-refractivity contribution in [1.29, 1.82) is 5.26 Å². The highest BCUT2D eigenvalue weighted by Crippen LogP contribution is 2.14. The molecular weight excluding hydrogens is 295 g/mol. The summed E-state index contributed by atoms with van der Waals surface area (Å²) in [5.74, 6) is -1.03. The van der Waals surface area contributed by atoms with Gasteiger partial charge < -0.3 is 5.11 Å². The summed E-state index contributed by atoms with van der Waals surface area (Å²) >= 11 is 0. The average Bonchev–Trinajstić information content (AvgIpc) is 2.39. The van der Waals surface area contributed by atoms with Crippen LogP contribution in [0.25, 0.3) is 0 Å². The number of nitrogens with zero attached hydrogens (tertiary/aromatic N) is 1. The summed E-state index contributed by atoms with van der Waals surface area (Å²) in [6, 6.07) is 4.81. The fourth-order valence-corrected chi connectivity index (χ4v) is 3.38. The van der Waals surface area contributed by atoms with Crippen LogP contribution in [0, 0.1) is 23.1 Å². The SMILES string of the molecule is CC(C)CC(CO)NS(=O)(=O)Cc1cc(C#N)ccc1F. The van der Waals surface area contributed by atoms with E-state index >= 15 is 0 Å². The Hall–Kier alpha value is -1.49. The van der Waals surface area contributed by atoms with Crippen molar-refractivity contribution in [2.45, 2.75) is 32.1 Å². The van der Waals surface area contributed by atoms with Crippen LogP contribution in [0.1, 0.15) is 31.4 Å². The molecule has 21 heavy (non-hydrogen) atoms. The Morgan fingerprint density at radius 3 is 2.62 bits per heavy atom. The molecule has 0 saturated carbocycles. The molecule has 1 aromatic rings. The molecule has 0 aromatic heterocycles. The molecule has 0 saturated heterocycles. The number of benzene rings is 1. The summed E-state index contributed by atoms with van der Waals surface area (Å²) in [4.78, 5) is 0. The molecule has 1 rings (SSSR count). The summed E-state index contributed by atoms with van der Waals surface area (Å²) in [5.41, 5.74) is 0.130. The summed E-state index contributed by atoms with van der Waals surface area (Å²) in [5, 5.41) is 18.0. The van der Waals surface area contributed by atoms with Crippen molar-refractivity contribution < 1.29 is 17.9 Å². The number of aliphatic hydroxyl groups excluding tert-OH is 1. The van der Waals surface area contributed by atoms with E-state index in [0.717, 1.165) is 6.07 Å². The molecular formula is C14H19FN2O3S. The van der Waals surface area contributed by atoms with Crippen LogP contribution >= 0.6 is 0 Å². The van der Waals surface area contributed by atoms with Gasteiger partial charge in [0.25, 0.3) is 0 Å². The van der Waals surface area contributed by atoms with Gasteiger partial charge in [-0.3, -0.25) is 0 Å². The van der Waals surface area contributed by atoms with Gasteiger partial charge in [0.2, 0.25) is 10.0 Å². The lowest BCUT2D eigenvalue weighted by Gasteiger charge is -2.18. The molecule has 7 heteroatoms. The summed E-state index contributed by atoms with van der Waals surface area (Å²) in [6.45, 7) is 3.50. The summed E-state index contributed by atoms with van der Waals surface area (Å²) in [6.07, 6.45) is 0.483. The van der Waals surface area contributed by atoms with Crippen LogP contribution in [-0.4, -0.2) is 26.2 Å². The number of halogens is 1. The topological polar surface area (TPSA) is 90.2 Å². The van der Waals surface area contributed by atoms with Gasteiger partial charge in [0.15, 0.2) is 0 Å². The minimum Gasteiger partial charge on any atom is -0.395 e. The maximum atomic E-state index is 13.6. The molecule has 0 fully saturated rings. The van der Waals surface area contributed by atoms with Crippen LogP contribution in [0.4, 0.5) is 4.39 Å². The molecule has 0 aliphatic carbocycles. The van der Waals surface area contributed by atoms with Gasteiger partial charge >= 0.3 is 0 Å². The molecule has 0 aliphatic heterocycles. The van der Waals surface area contributed by atoms with Gasteiger partial charge in [-0.05, 0) is 30.5 Å². The molecule has 5 nitrogen and oxygen atoms in total. The van der Waals surface area contributed by atoms with Crippen LogP contribution in [0.3, 0.4) is 0 Å². The molecule has 0 spiro atoms. The predicted molar refractivity (Wildman–Crippen MR) is 77.2 cm³/mol. The lowest BCUT2D eigenvalue weighted by Crippen LogP contribution is -2.39. The Kier molecular flexibility index (Phi) is 6.27. The second kappa shape index (κ2) is 7.50. The van der Waals surface area contributed by atoms with Gasteiger partial charge in [0.05, 0.1) is 24.0 Å². The minimum absolute atomic E-state index is 0.0669. The Balaban J connectivity index is 2.88. The highest BCUT2D eigenvalue weighted by molar-refractivity contribution is 7.88. The number of rotatable bonds is 7. The largest absolute Gasteiger partial charge is 0.395 e. The first kappa shape index (κ1) is 17.6. The normalized spacial score (nSPS) is 13.1. The average molecular weight is 314 g/mol. The van der Waals surface area contributed by atoms with Gasteiger partial charge in [0, 0.05) is 11.6 Å². The fraction of sp³-hybridized carbons (Fsp3) is 0.500. The third kappa shape index (κ3) is 5.79. The van der Waals surface area contributed by atoms with Crippen molar-refractivity contribution in [1.82, 2.24) is 4.72 Å². The van der Waals surface area contributed by atoms with Gasteiger partial charge in [0.1, 0.15) is 5.82 Å².